The van der Waals surface area contributed by atoms with Crippen LogP contribution in [0.3, 0.4) is 0 Å². The number of ether oxygens (including phenoxy) is 6. The Hall–Kier alpha value is -0.489. The van der Waals surface area contributed by atoms with Crippen LogP contribution >= 0.6 is 0 Å². The molecule has 10 atom stereocenters. The summed E-state index contributed by atoms with van der Waals surface area (Å²) in [7, 11) is -6.16. The summed E-state index contributed by atoms with van der Waals surface area (Å²) in [6.45, 7) is 36.5. The molecule has 1 aromatic carbocycles. The van der Waals surface area contributed by atoms with Gasteiger partial charge in [0.05, 0.1) is 31.5 Å². The molecule has 12 heteroatoms. The molecule has 1 aromatic rings. The number of rotatable bonds is 17. The van der Waals surface area contributed by atoms with Crippen LogP contribution in [0.1, 0.15) is 146 Å². The van der Waals surface area contributed by atoms with E-state index in [0.717, 1.165) is 75.9 Å². The second-order valence-corrected chi connectivity index (χ2v) is 37.3. The molecule has 5 aliphatic rings. The summed E-state index contributed by atoms with van der Waals surface area (Å²) in [6.07, 6.45) is 7.84. The zero-order valence-electron chi connectivity index (χ0n) is 41.3. The first kappa shape index (κ1) is 49.9. The smallest absolute Gasteiger partial charge is 0.199 e. The van der Waals surface area contributed by atoms with E-state index in [4.69, 9.17) is 41.7 Å². The third-order valence-electron chi connectivity index (χ3n) is 16.6. The largest absolute Gasteiger partial charge is 0.414 e. The molecule has 61 heavy (non-hydrogen) atoms. The lowest BCUT2D eigenvalue weighted by molar-refractivity contribution is -0.401. The summed E-state index contributed by atoms with van der Waals surface area (Å²) in [6, 6.07) is 13.6. The summed E-state index contributed by atoms with van der Waals surface area (Å²) in [4.78, 5) is 0. The Morgan fingerprint density at radius 2 is 1.44 bits per heavy atom. The van der Waals surface area contributed by atoms with Gasteiger partial charge in [0.25, 0.3) is 0 Å². The van der Waals surface area contributed by atoms with E-state index in [1.807, 2.05) is 6.07 Å². The van der Waals surface area contributed by atoms with Crippen molar-refractivity contribution in [2.75, 3.05) is 13.2 Å². The summed E-state index contributed by atoms with van der Waals surface area (Å²) in [5.41, 5.74) is 0.622. The van der Waals surface area contributed by atoms with E-state index < -0.39 is 47.9 Å². The Morgan fingerprint density at radius 1 is 0.770 bits per heavy atom. The molecule has 5 saturated heterocycles. The second-order valence-electron chi connectivity index (χ2n) is 23.0. The van der Waals surface area contributed by atoms with Crippen molar-refractivity contribution in [3.05, 3.63) is 35.9 Å². The SMILES string of the molecule is CC[Si](CC)(CC)O[C@]1(C)CC[C@@H](CCOCc2ccccc2)O[C@@]12CC[C@@]1(CCC[C@H](C[C@@]34C[C@@H](C)[C@@H](O[Si](C)(C)C(C)(C)C)[C@@H](O3)[C@H](CO[Si](C)(C)C(C)(C)C)O4)O1)O2. The van der Waals surface area contributed by atoms with Crippen molar-refractivity contribution in [1.29, 1.82) is 0 Å². The highest BCUT2D eigenvalue weighted by atomic mass is 28.4. The molecule has 5 fully saturated rings. The van der Waals surface area contributed by atoms with Gasteiger partial charge in [-0.2, -0.15) is 0 Å². The average Bonchev–Trinajstić information content (AvgIpc) is 3.69. The highest BCUT2D eigenvalue weighted by molar-refractivity contribution is 6.74. The van der Waals surface area contributed by atoms with Gasteiger partial charge >= 0.3 is 0 Å². The Kier molecular flexibility index (Phi) is 15.3. The van der Waals surface area contributed by atoms with Gasteiger partial charge < -0.3 is 41.7 Å². The fourth-order valence-electron chi connectivity index (χ4n) is 10.3. The first-order valence-electron chi connectivity index (χ1n) is 24.4. The lowest BCUT2D eigenvalue weighted by Gasteiger charge is -2.55. The topological polar surface area (TPSA) is 83.1 Å². The monoisotopic (exact) mass is 905 g/mol. The van der Waals surface area contributed by atoms with E-state index in [2.05, 4.69) is 127 Å². The summed E-state index contributed by atoms with van der Waals surface area (Å²) >= 11 is 0. The van der Waals surface area contributed by atoms with Crippen LogP contribution in [0.5, 0.6) is 0 Å². The Morgan fingerprint density at radius 3 is 2.08 bits per heavy atom. The molecular weight excluding hydrogens is 817 g/mol. The minimum atomic E-state index is -2.10. The zero-order chi connectivity index (χ0) is 44.8. The molecule has 2 spiro atoms. The van der Waals surface area contributed by atoms with E-state index >= 15 is 0 Å². The van der Waals surface area contributed by atoms with Crippen LogP contribution in [0, 0.1) is 5.92 Å². The molecule has 0 amide bonds. The molecule has 0 aliphatic carbocycles. The van der Waals surface area contributed by atoms with Gasteiger partial charge in [-0.3, -0.25) is 0 Å². The van der Waals surface area contributed by atoms with Crippen LogP contribution in [-0.4, -0.2) is 91.6 Å². The minimum Gasteiger partial charge on any atom is -0.414 e. The van der Waals surface area contributed by atoms with Crippen molar-refractivity contribution in [2.45, 2.75) is 255 Å². The molecule has 5 heterocycles. The maximum atomic E-state index is 7.51. The van der Waals surface area contributed by atoms with E-state index in [1.165, 1.54) is 5.56 Å². The van der Waals surface area contributed by atoms with E-state index in [-0.39, 0.29) is 46.5 Å². The Bertz CT molecular complexity index is 1570. The molecule has 0 saturated carbocycles. The summed E-state index contributed by atoms with van der Waals surface area (Å²) in [5.74, 6) is -2.14. The molecule has 6 rings (SSSR count). The fourth-order valence-corrected chi connectivity index (χ4v) is 15.9. The lowest BCUT2D eigenvalue weighted by atomic mass is 9.83. The van der Waals surface area contributed by atoms with Crippen LogP contribution in [-0.2, 0) is 48.3 Å². The van der Waals surface area contributed by atoms with Gasteiger partial charge in [-0.1, -0.05) is 99.6 Å². The van der Waals surface area contributed by atoms with Gasteiger partial charge in [0, 0.05) is 38.7 Å². The maximum absolute atomic E-state index is 7.51. The molecule has 350 valence electrons. The van der Waals surface area contributed by atoms with Gasteiger partial charge in [0.1, 0.15) is 17.8 Å². The van der Waals surface area contributed by atoms with Crippen molar-refractivity contribution in [3.8, 4) is 0 Å². The van der Waals surface area contributed by atoms with E-state index in [9.17, 15) is 0 Å². The van der Waals surface area contributed by atoms with Gasteiger partial charge in [-0.15, -0.1) is 0 Å². The van der Waals surface area contributed by atoms with Gasteiger partial charge in [0.2, 0.25) is 0 Å². The third kappa shape index (κ3) is 10.7. The standard InChI is InChI=1S/C49H88O9Si3/c1-16-61(17-2,18-3)58-46(11)29-26-39(27-32-50-35-38-23-20-19-21-24-38)53-49(46)31-30-47(57-49)28-22-25-40(52-47)34-48-33-37(4)42(56-60(14,15)45(8,9)10)43(55-48)41(54-48)36-51-59(12,13)44(5,6)7/h19-21,23-24,37,39-43H,16-18,22,25-36H2,1-15H3/t37-,39+,40-,41+,42-,43+,46-,47-,48-,49-/m1/s1. The van der Waals surface area contributed by atoms with E-state index in [1.54, 1.807) is 0 Å². The highest BCUT2D eigenvalue weighted by Gasteiger charge is 2.66. The Labute approximate surface area is 375 Å². The zero-order valence-corrected chi connectivity index (χ0v) is 44.3. The maximum Gasteiger partial charge on any atom is 0.199 e. The van der Waals surface area contributed by atoms with Crippen LogP contribution in [0.25, 0.3) is 0 Å². The number of benzene rings is 1. The molecule has 0 aromatic heterocycles. The predicted octanol–water partition coefficient (Wildman–Crippen LogP) is 12.6. The van der Waals surface area contributed by atoms with Gasteiger partial charge in [-0.05, 0) is 105 Å². The first-order valence-corrected chi connectivity index (χ1v) is 32.8. The minimum absolute atomic E-state index is 0.0229. The molecule has 5 aliphatic heterocycles. The summed E-state index contributed by atoms with van der Waals surface area (Å²) < 4.78 is 64.2. The fraction of sp³-hybridized carbons (Fsp3) is 0.878. The first-order chi connectivity index (χ1) is 28.4. The second kappa shape index (κ2) is 18.7. The van der Waals surface area contributed by atoms with Crippen LogP contribution < -0.4 is 0 Å². The molecule has 0 N–H and O–H groups in total. The van der Waals surface area contributed by atoms with Crippen molar-refractivity contribution in [2.24, 2.45) is 5.92 Å². The quantitative estimate of drug-likeness (QED) is 0.112. The summed E-state index contributed by atoms with van der Waals surface area (Å²) in [5, 5.41) is 0.183. The number of hydrogen-bond donors (Lipinski definition) is 0. The molecule has 0 unspecified atom stereocenters. The normalized spacial score (nSPS) is 36.3. The molecule has 0 radical (unpaired) electrons. The van der Waals surface area contributed by atoms with Gasteiger partial charge in [0.15, 0.2) is 42.3 Å². The Balaban J connectivity index is 1.20. The molecule has 2 bridgehead atoms. The highest BCUT2D eigenvalue weighted by Crippen LogP contribution is 2.57. The van der Waals surface area contributed by atoms with Crippen molar-refractivity contribution in [3.63, 3.8) is 0 Å². The number of hydrogen-bond acceptors (Lipinski definition) is 9. The van der Waals surface area contributed by atoms with Gasteiger partial charge in [-0.25, -0.2) is 0 Å². The molecular formula is C49H88O9Si3. The van der Waals surface area contributed by atoms with Crippen LogP contribution in [0.2, 0.25) is 54.4 Å². The predicted molar refractivity (Wildman–Crippen MR) is 252 cm³/mol. The van der Waals surface area contributed by atoms with Crippen molar-refractivity contribution >= 4 is 25.0 Å². The van der Waals surface area contributed by atoms with E-state index in [0.29, 0.717) is 26.2 Å². The van der Waals surface area contributed by atoms with Crippen LogP contribution in [0.15, 0.2) is 30.3 Å². The molecule has 9 nitrogen and oxygen atoms in total. The third-order valence-corrected chi connectivity index (χ3v) is 30.3. The lowest BCUT2D eigenvalue weighted by Crippen LogP contribution is -2.65. The average molecular weight is 905 g/mol. The number of fused-ring (bicyclic) bond motifs is 2. The van der Waals surface area contributed by atoms with Crippen molar-refractivity contribution < 1.29 is 41.7 Å². The van der Waals surface area contributed by atoms with Crippen LogP contribution in [0.4, 0.5) is 0 Å². The van der Waals surface area contributed by atoms with Crippen molar-refractivity contribution in [1.82, 2.24) is 0 Å².